The Labute approximate surface area is 161 Å². The van der Waals surface area contributed by atoms with Gasteiger partial charge in [-0.3, -0.25) is 19.4 Å². The first-order valence-corrected chi connectivity index (χ1v) is 9.92. The standard InChI is InChI=1S/C21H29N5O/c1-16(2)26-19(8-11-23-26)18-14-25(13-17-7-4-5-10-22-17)15-21(18)9-6-12-24(3)20(21)27/h4-5,7-8,10-11,16,18H,6,9,12-15H2,1-3H3/t18-,21+/m0/s1. The summed E-state index contributed by atoms with van der Waals surface area (Å²) in [7, 11) is 1.95. The minimum Gasteiger partial charge on any atom is -0.345 e. The molecule has 1 amide bonds. The number of carbonyl (C=O) groups excluding carboxylic acids is 1. The van der Waals surface area contributed by atoms with Crippen LogP contribution in [0.5, 0.6) is 0 Å². The third-order valence-electron chi connectivity index (χ3n) is 6.16. The minimum atomic E-state index is -0.353. The number of nitrogens with zero attached hydrogens (tertiary/aromatic N) is 5. The zero-order valence-electron chi connectivity index (χ0n) is 16.5. The summed E-state index contributed by atoms with van der Waals surface area (Å²) in [6, 6.07) is 8.43. The monoisotopic (exact) mass is 367 g/mol. The fourth-order valence-corrected chi connectivity index (χ4v) is 4.95. The van der Waals surface area contributed by atoms with Crippen molar-refractivity contribution in [3.8, 4) is 0 Å². The van der Waals surface area contributed by atoms with E-state index in [1.165, 1.54) is 5.69 Å². The Balaban J connectivity index is 1.70. The minimum absolute atomic E-state index is 0.168. The van der Waals surface area contributed by atoms with Crippen molar-refractivity contribution >= 4 is 5.91 Å². The summed E-state index contributed by atoms with van der Waals surface area (Å²) in [6.45, 7) is 7.61. The van der Waals surface area contributed by atoms with Crippen molar-refractivity contribution in [1.29, 1.82) is 0 Å². The Morgan fingerprint density at radius 3 is 2.85 bits per heavy atom. The average Bonchev–Trinajstić information content (AvgIpc) is 3.26. The number of amides is 1. The third kappa shape index (κ3) is 3.16. The van der Waals surface area contributed by atoms with E-state index in [1.807, 2.05) is 36.5 Å². The van der Waals surface area contributed by atoms with Gasteiger partial charge in [-0.1, -0.05) is 6.07 Å². The van der Waals surface area contributed by atoms with E-state index < -0.39 is 0 Å². The van der Waals surface area contributed by atoms with Gasteiger partial charge >= 0.3 is 0 Å². The molecule has 2 atom stereocenters. The molecular weight excluding hydrogens is 338 g/mol. The number of aromatic nitrogens is 3. The van der Waals surface area contributed by atoms with Crippen LogP contribution in [0.3, 0.4) is 0 Å². The molecule has 0 bridgehead atoms. The molecule has 2 saturated heterocycles. The number of piperidine rings is 1. The Hall–Kier alpha value is -2.21. The number of rotatable bonds is 4. The lowest BCUT2D eigenvalue weighted by Gasteiger charge is -2.41. The molecule has 6 heteroatoms. The molecule has 0 aromatic carbocycles. The molecule has 144 valence electrons. The van der Waals surface area contributed by atoms with Gasteiger partial charge in [-0.15, -0.1) is 0 Å². The number of carbonyl (C=O) groups is 1. The molecule has 1 spiro atoms. The smallest absolute Gasteiger partial charge is 0.230 e. The van der Waals surface area contributed by atoms with Crippen LogP contribution in [0.15, 0.2) is 36.7 Å². The molecule has 2 aliphatic heterocycles. The van der Waals surface area contributed by atoms with E-state index in [0.717, 1.165) is 44.7 Å². The highest BCUT2D eigenvalue weighted by Gasteiger charge is 2.55. The van der Waals surface area contributed by atoms with Crippen LogP contribution in [0.1, 0.15) is 50.0 Å². The van der Waals surface area contributed by atoms with Crippen molar-refractivity contribution in [2.24, 2.45) is 5.41 Å². The fraction of sp³-hybridized carbons (Fsp3) is 0.571. The van der Waals surface area contributed by atoms with Crippen molar-refractivity contribution in [2.45, 2.75) is 45.2 Å². The Bertz CT molecular complexity index is 802. The second-order valence-corrected chi connectivity index (χ2v) is 8.32. The normalized spacial score (nSPS) is 26.4. The maximum Gasteiger partial charge on any atom is 0.230 e. The summed E-state index contributed by atoms with van der Waals surface area (Å²) < 4.78 is 2.10. The highest BCUT2D eigenvalue weighted by Crippen LogP contribution is 2.49. The van der Waals surface area contributed by atoms with Gasteiger partial charge in [-0.2, -0.15) is 5.10 Å². The van der Waals surface area contributed by atoms with Crippen molar-refractivity contribution < 1.29 is 4.79 Å². The van der Waals surface area contributed by atoms with Gasteiger partial charge < -0.3 is 4.90 Å². The summed E-state index contributed by atoms with van der Waals surface area (Å²) in [4.78, 5) is 22.2. The van der Waals surface area contributed by atoms with Crippen molar-refractivity contribution in [2.75, 3.05) is 26.7 Å². The Morgan fingerprint density at radius 1 is 1.26 bits per heavy atom. The second-order valence-electron chi connectivity index (χ2n) is 8.32. The molecule has 4 rings (SSSR count). The van der Waals surface area contributed by atoms with Crippen LogP contribution in [0.2, 0.25) is 0 Å². The van der Waals surface area contributed by atoms with Crippen LogP contribution >= 0.6 is 0 Å². The molecule has 2 fully saturated rings. The average molecular weight is 367 g/mol. The van der Waals surface area contributed by atoms with E-state index in [-0.39, 0.29) is 17.4 Å². The molecule has 0 unspecified atom stereocenters. The van der Waals surface area contributed by atoms with Crippen LogP contribution < -0.4 is 0 Å². The molecule has 2 aromatic rings. The van der Waals surface area contributed by atoms with Gasteiger partial charge in [-0.05, 0) is 44.9 Å². The number of pyridine rings is 1. The zero-order chi connectivity index (χ0) is 19.0. The summed E-state index contributed by atoms with van der Waals surface area (Å²) >= 11 is 0. The highest BCUT2D eigenvalue weighted by atomic mass is 16.2. The summed E-state index contributed by atoms with van der Waals surface area (Å²) in [5.41, 5.74) is 1.90. The molecule has 4 heterocycles. The number of likely N-dealkylation sites (tertiary alicyclic amines) is 2. The van der Waals surface area contributed by atoms with Crippen LogP contribution in [-0.4, -0.2) is 57.2 Å². The summed E-state index contributed by atoms with van der Waals surface area (Å²) in [6.07, 6.45) is 5.72. The lowest BCUT2D eigenvalue weighted by atomic mass is 9.70. The molecule has 27 heavy (non-hydrogen) atoms. The van der Waals surface area contributed by atoms with Crippen LogP contribution in [0, 0.1) is 5.41 Å². The van der Waals surface area contributed by atoms with Crippen LogP contribution in [0.4, 0.5) is 0 Å². The second kappa shape index (κ2) is 7.08. The van der Waals surface area contributed by atoms with Crippen molar-refractivity contribution in [1.82, 2.24) is 24.6 Å². The van der Waals surface area contributed by atoms with Gasteiger partial charge in [0.05, 0.1) is 11.1 Å². The van der Waals surface area contributed by atoms with Gasteiger partial charge in [0.25, 0.3) is 0 Å². The quantitative estimate of drug-likeness (QED) is 0.834. The molecular formula is C21H29N5O. The highest BCUT2D eigenvalue weighted by molar-refractivity contribution is 5.85. The topological polar surface area (TPSA) is 54.3 Å². The molecule has 0 N–H and O–H groups in total. The first kappa shape index (κ1) is 18.2. The predicted octanol–water partition coefficient (Wildman–Crippen LogP) is 2.70. The predicted molar refractivity (Wildman–Crippen MR) is 104 cm³/mol. The van der Waals surface area contributed by atoms with E-state index in [1.54, 1.807) is 0 Å². The maximum absolute atomic E-state index is 13.4. The molecule has 6 nitrogen and oxygen atoms in total. The third-order valence-corrected chi connectivity index (χ3v) is 6.16. The largest absolute Gasteiger partial charge is 0.345 e. The van der Waals surface area contributed by atoms with Crippen LogP contribution in [-0.2, 0) is 11.3 Å². The molecule has 2 aromatic heterocycles. The Kier molecular flexibility index (Phi) is 4.76. The van der Waals surface area contributed by atoms with Gasteiger partial charge in [0, 0.05) is 63.3 Å². The van der Waals surface area contributed by atoms with Crippen LogP contribution in [0.25, 0.3) is 0 Å². The molecule has 2 aliphatic rings. The maximum atomic E-state index is 13.4. The number of hydrogen-bond acceptors (Lipinski definition) is 4. The Morgan fingerprint density at radius 2 is 2.11 bits per heavy atom. The molecule has 0 aliphatic carbocycles. The van der Waals surface area contributed by atoms with E-state index >= 15 is 0 Å². The van der Waals surface area contributed by atoms with Gasteiger partial charge in [0.15, 0.2) is 0 Å². The van der Waals surface area contributed by atoms with E-state index in [0.29, 0.717) is 5.91 Å². The number of hydrogen-bond donors (Lipinski definition) is 0. The lowest BCUT2D eigenvalue weighted by molar-refractivity contribution is -0.145. The molecule has 0 radical (unpaired) electrons. The van der Waals surface area contributed by atoms with Gasteiger partial charge in [0.2, 0.25) is 5.91 Å². The van der Waals surface area contributed by atoms with Gasteiger partial charge in [-0.25, -0.2) is 0 Å². The summed E-state index contributed by atoms with van der Waals surface area (Å²) in [5.74, 6) is 0.458. The van der Waals surface area contributed by atoms with Gasteiger partial charge in [0.1, 0.15) is 0 Å². The SMILES string of the molecule is CC(C)n1nccc1[C@@H]1CN(Cc2ccccn2)C[C@]12CCCN(C)C2=O. The first-order chi connectivity index (χ1) is 13.0. The zero-order valence-corrected chi connectivity index (χ0v) is 16.5. The van der Waals surface area contributed by atoms with E-state index in [4.69, 9.17) is 0 Å². The fourth-order valence-electron chi connectivity index (χ4n) is 4.95. The first-order valence-electron chi connectivity index (χ1n) is 9.92. The summed E-state index contributed by atoms with van der Waals surface area (Å²) in [5, 5.41) is 4.55. The van der Waals surface area contributed by atoms with Crippen molar-refractivity contribution in [3.63, 3.8) is 0 Å². The van der Waals surface area contributed by atoms with E-state index in [2.05, 4.69) is 45.6 Å². The van der Waals surface area contributed by atoms with Crippen molar-refractivity contribution in [3.05, 3.63) is 48.0 Å². The lowest BCUT2D eigenvalue weighted by Crippen LogP contribution is -2.50. The van der Waals surface area contributed by atoms with E-state index in [9.17, 15) is 4.79 Å². The molecule has 0 saturated carbocycles.